The Morgan fingerprint density at radius 3 is 3.00 bits per heavy atom. The first-order valence-electron chi connectivity index (χ1n) is 10.1. The molecule has 1 atom stereocenters. The van der Waals surface area contributed by atoms with E-state index in [1.807, 2.05) is 31.2 Å². The van der Waals surface area contributed by atoms with Crippen LogP contribution in [0, 0.1) is 6.92 Å². The lowest BCUT2D eigenvalue weighted by atomic mass is 10.2. The van der Waals surface area contributed by atoms with E-state index in [0.29, 0.717) is 25.3 Å². The summed E-state index contributed by atoms with van der Waals surface area (Å²) in [5.74, 6) is 0.798. The molecule has 0 saturated carbocycles. The zero-order valence-corrected chi connectivity index (χ0v) is 18.0. The number of nitrogens with zero attached hydrogens (tertiary/aromatic N) is 5. The summed E-state index contributed by atoms with van der Waals surface area (Å²) in [6.45, 7) is 5.39. The molecule has 1 aliphatic heterocycles. The topological polar surface area (TPSA) is 112 Å². The highest BCUT2D eigenvalue weighted by molar-refractivity contribution is 7.21. The van der Waals surface area contributed by atoms with Crippen LogP contribution in [0.5, 0.6) is 0 Å². The zero-order valence-electron chi connectivity index (χ0n) is 17.2. The summed E-state index contributed by atoms with van der Waals surface area (Å²) in [7, 11) is 0. The molecule has 1 fully saturated rings. The summed E-state index contributed by atoms with van der Waals surface area (Å²) in [5.41, 5.74) is 4.69. The highest BCUT2D eigenvalue weighted by Crippen LogP contribution is 2.30. The van der Waals surface area contributed by atoms with Crippen LogP contribution in [-0.4, -0.2) is 50.2 Å². The van der Waals surface area contributed by atoms with Crippen molar-refractivity contribution in [3.05, 3.63) is 42.4 Å². The summed E-state index contributed by atoms with van der Waals surface area (Å²) in [6, 6.07) is 8.10. The Morgan fingerprint density at radius 2 is 2.16 bits per heavy atom. The van der Waals surface area contributed by atoms with E-state index in [-0.39, 0.29) is 11.9 Å². The molecule has 9 nitrogen and oxygen atoms in total. The fraction of sp³-hybridized carbons (Fsp3) is 0.286. The molecule has 0 bridgehead atoms. The number of amides is 1. The second-order valence-electron chi connectivity index (χ2n) is 7.57. The van der Waals surface area contributed by atoms with Crippen molar-refractivity contribution >= 4 is 44.2 Å². The second kappa shape index (κ2) is 7.95. The predicted octanol–water partition coefficient (Wildman–Crippen LogP) is 3.24. The lowest BCUT2D eigenvalue weighted by molar-refractivity contribution is -0.120. The molecule has 1 aliphatic rings. The number of aromatic nitrogens is 5. The number of rotatable bonds is 4. The Hall–Kier alpha value is -3.53. The van der Waals surface area contributed by atoms with Gasteiger partial charge in [0.15, 0.2) is 5.13 Å². The number of anilines is 3. The van der Waals surface area contributed by atoms with Gasteiger partial charge in [-0.1, -0.05) is 11.3 Å². The molecule has 5 heterocycles. The summed E-state index contributed by atoms with van der Waals surface area (Å²) in [5, 5.41) is 14.0. The number of carbonyl (C=O) groups excluding carboxylic acids is 1. The number of pyridine rings is 2. The molecule has 158 valence electrons. The number of nitrogens with one attached hydrogen (secondary N) is 3. The predicted molar refractivity (Wildman–Crippen MR) is 122 cm³/mol. The molecule has 0 aromatic carbocycles. The van der Waals surface area contributed by atoms with Crippen LogP contribution in [-0.2, 0) is 4.79 Å². The van der Waals surface area contributed by atoms with E-state index in [1.54, 1.807) is 12.4 Å². The quantitative estimate of drug-likeness (QED) is 0.452. The lowest BCUT2D eigenvalue weighted by Gasteiger charge is -2.28. The minimum absolute atomic E-state index is 0.0914. The van der Waals surface area contributed by atoms with Crippen molar-refractivity contribution in [3.63, 3.8) is 0 Å². The van der Waals surface area contributed by atoms with Gasteiger partial charge in [0.2, 0.25) is 5.91 Å². The number of hydrogen-bond donors (Lipinski definition) is 3. The van der Waals surface area contributed by atoms with Gasteiger partial charge in [0.1, 0.15) is 16.2 Å². The van der Waals surface area contributed by atoms with Gasteiger partial charge in [0, 0.05) is 54.8 Å². The molecule has 3 N–H and O–H groups in total. The summed E-state index contributed by atoms with van der Waals surface area (Å²) >= 11 is 1.48. The van der Waals surface area contributed by atoms with E-state index < -0.39 is 0 Å². The summed E-state index contributed by atoms with van der Waals surface area (Å²) in [4.78, 5) is 28.7. The molecular weight excluding hydrogens is 412 g/mol. The van der Waals surface area contributed by atoms with E-state index in [4.69, 9.17) is 4.98 Å². The lowest BCUT2D eigenvalue weighted by Crippen LogP contribution is -2.37. The largest absolute Gasteiger partial charge is 0.366 e. The van der Waals surface area contributed by atoms with Crippen LogP contribution >= 0.6 is 11.3 Å². The van der Waals surface area contributed by atoms with Gasteiger partial charge >= 0.3 is 0 Å². The van der Waals surface area contributed by atoms with Crippen molar-refractivity contribution in [1.82, 2.24) is 30.5 Å². The molecule has 4 aromatic rings. The van der Waals surface area contributed by atoms with Gasteiger partial charge in [-0.05, 0) is 32.0 Å². The van der Waals surface area contributed by atoms with E-state index in [1.165, 1.54) is 11.3 Å². The van der Waals surface area contributed by atoms with Crippen molar-refractivity contribution in [2.75, 3.05) is 23.3 Å². The average molecular weight is 435 g/mol. The molecule has 4 aromatic heterocycles. The molecule has 10 heteroatoms. The van der Waals surface area contributed by atoms with Gasteiger partial charge in [-0.2, -0.15) is 5.10 Å². The maximum atomic E-state index is 11.7. The Labute approximate surface area is 182 Å². The standard InChI is InChI=1S/C21H22N8OS/c1-12-10-23-19(30)6-8-29(12)14-5-7-22-18(9-14)27-21-26-17-4-3-16(25-20(17)31-21)15-11-24-28-13(15)2/h3-5,7,9,11-12H,6,8,10H2,1-2H3,(H,23,30)(H,24,28)(H,22,26,27). The van der Waals surface area contributed by atoms with Crippen LogP contribution in [0.3, 0.4) is 0 Å². The van der Waals surface area contributed by atoms with Crippen molar-refractivity contribution in [1.29, 1.82) is 0 Å². The number of aryl methyl sites for hydroxylation is 1. The Kier molecular flexibility index (Phi) is 4.99. The molecular formula is C21H22N8OS. The van der Waals surface area contributed by atoms with Gasteiger partial charge < -0.3 is 15.5 Å². The number of thiazole rings is 1. The first-order chi connectivity index (χ1) is 15.1. The van der Waals surface area contributed by atoms with E-state index in [0.717, 1.165) is 38.1 Å². The number of aromatic amines is 1. The first-order valence-corrected chi connectivity index (χ1v) is 10.9. The third-order valence-corrected chi connectivity index (χ3v) is 6.26. The van der Waals surface area contributed by atoms with Crippen LogP contribution in [0.4, 0.5) is 16.6 Å². The fourth-order valence-electron chi connectivity index (χ4n) is 3.69. The minimum atomic E-state index is 0.0914. The van der Waals surface area contributed by atoms with Gasteiger partial charge in [0.05, 0.1) is 11.9 Å². The molecule has 5 rings (SSSR count). The van der Waals surface area contributed by atoms with Crippen molar-refractivity contribution in [2.24, 2.45) is 0 Å². The van der Waals surface area contributed by atoms with Gasteiger partial charge in [-0.3, -0.25) is 9.89 Å². The Morgan fingerprint density at radius 1 is 1.26 bits per heavy atom. The molecule has 31 heavy (non-hydrogen) atoms. The highest BCUT2D eigenvalue weighted by Gasteiger charge is 2.21. The van der Waals surface area contributed by atoms with Crippen LogP contribution < -0.4 is 15.5 Å². The normalized spacial score (nSPS) is 16.9. The second-order valence-corrected chi connectivity index (χ2v) is 8.55. The van der Waals surface area contributed by atoms with Gasteiger partial charge in [0.25, 0.3) is 0 Å². The fourth-order valence-corrected chi connectivity index (χ4v) is 4.54. The van der Waals surface area contributed by atoms with E-state index in [9.17, 15) is 4.79 Å². The SMILES string of the molecule is Cc1[nH]ncc1-c1ccc2nc(Nc3cc(N4CCC(=O)NCC4C)ccn3)sc2n1. The van der Waals surface area contributed by atoms with Crippen LogP contribution in [0.1, 0.15) is 19.0 Å². The number of carbonyl (C=O) groups is 1. The number of fused-ring (bicyclic) bond motifs is 1. The molecule has 1 amide bonds. The summed E-state index contributed by atoms with van der Waals surface area (Å²) in [6.07, 6.45) is 4.04. The minimum Gasteiger partial charge on any atom is -0.366 e. The van der Waals surface area contributed by atoms with Crippen LogP contribution in [0.2, 0.25) is 0 Å². The average Bonchev–Trinajstić information content (AvgIpc) is 3.32. The van der Waals surface area contributed by atoms with Crippen LogP contribution in [0.15, 0.2) is 36.7 Å². The molecule has 1 unspecified atom stereocenters. The smallest absolute Gasteiger partial charge is 0.221 e. The first kappa shape index (κ1) is 19.4. The molecule has 1 saturated heterocycles. The third-order valence-electron chi connectivity index (χ3n) is 5.38. The molecule has 0 spiro atoms. The van der Waals surface area contributed by atoms with Crippen molar-refractivity contribution in [3.8, 4) is 11.3 Å². The van der Waals surface area contributed by atoms with Gasteiger partial charge in [-0.15, -0.1) is 0 Å². The highest BCUT2D eigenvalue weighted by atomic mass is 32.1. The maximum Gasteiger partial charge on any atom is 0.221 e. The van der Waals surface area contributed by atoms with Gasteiger partial charge in [-0.25, -0.2) is 15.0 Å². The number of hydrogen-bond acceptors (Lipinski definition) is 8. The van der Waals surface area contributed by atoms with E-state index >= 15 is 0 Å². The number of H-pyrrole nitrogens is 1. The molecule has 0 aliphatic carbocycles. The third kappa shape index (κ3) is 3.93. The van der Waals surface area contributed by atoms with Crippen molar-refractivity contribution < 1.29 is 4.79 Å². The zero-order chi connectivity index (χ0) is 21.4. The Bertz CT molecular complexity index is 1250. The maximum absolute atomic E-state index is 11.7. The Balaban J connectivity index is 1.39. The van der Waals surface area contributed by atoms with Crippen molar-refractivity contribution in [2.45, 2.75) is 26.3 Å². The summed E-state index contributed by atoms with van der Waals surface area (Å²) < 4.78 is 0. The van der Waals surface area contributed by atoms with E-state index in [2.05, 4.69) is 42.6 Å². The monoisotopic (exact) mass is 434 g/mol. The van der Waals surface area contributed by atoms with Crippen LogP contribution in [0.25, 0.3) is 21.6 Å². The molecule has 0 radical (unpaired) electrons.